The highest BCUT2D eigenvalue weighted by Gasteiger charge is 2.20. The molecule has 0 spiro atoms. The van der Waals surface area contributed by atoms with Crippen LogP contribution in [0.1, 0.15) is 32.4 Å². The highest BCUT2D eigenvalue weighted by atomic mass is 35.5. The summed E-state index contributed by atoms with van der Waals surface area (Å²) in [5.74, 6) is 0. The summed E-state index contributed by atoms with van der Waals surface area (Å²) in [6.07, 6.45) is 7.61. The van der Waals surface area contributed by atoms with E-state index in [4.69, 9.17) is 5.73 Å². The number of hydrogen-bond donors (Lipinski definition) is 2. The van der Waals surface area contributed by atoms with Crippen LogP contribution >= 0.6 is 24.8 Å². The number of halogens is 2. The molecule has 18 heavy (non-hydrogen) atoms. The predicted molar refractivity (Wildman–Crippen MR) is 78.2 cm³/mol. The van der Waals surface area contributed by atoms with Crippen LogP contribution in [0.25, 0.3) is 5.57 Å². The lowest BCUT2D eigenvalue weighted by Crippen LogP contribution is -2.26. The summed E-state index contributed by atoms with van der Waals surface area (Å²) in [5, 5.41) is 9.82. The molecule has 0 fully saturated rings. The average Bonchev–Trinajstić information content (AvgIpc) is 2.71. The Kier molecular flexibility index (Phi) is 6.37. The van der Waals surface area contributed by atoms with E-state index in [1.165, 1.54) is 5.57 Å². The third-order valence-electron chi connectivity index (χ3n) is 2.75. The fourth-order valence-electron chi connectivity index (χ4n) is 2.08. The van der Waals surface area contributed by atoms with Gasteiger partial charge >= 0.3 is 0 Å². The molecule has 2 rings (SSSR count). The van der Waals surface area contributed by atoms with E-state index in [0.29, 0.717) is 6.54 Å². The van der Waals surface area contributed by atoms with E-state index >= 15 is 0 Å². The summed E-state index contributed by atoms with van der Waals surface area (Å²) in [4.78, 5) is 4.15. The Morgan fingerprint density at radius 3 is 2.67 bits per heavy atom. The molecule has 0 amide bonds. The molecule has 0 bridgehead atoms. The van der Waals surface area contributed by atoms with Crippen molar-refractivity contribution in [1.29, 1.82) is 0 Å². The van der Waals surface area contributed by atoms with E-state index in [1.807, 2.05) is 10.8 Å². The second kappa shape index (κ2) is 6.57. The highest BCUT2D eigenvalue weighted by molar-refractivity contribution is 5.85. The molecular weight excluding hydrogens is 273 g/mol. The predicted octanol–water partition coefficient (Wildman–Crippen LogP) is 2.00. The van der Waals surface area contributed by atoms with E-state index in [2.05, 4.69) is 11.1 Å². The van der Waals surface area contributed by atoms with E-state index in [0.717, 1.165) is 18.5 Å². The van der Waals surface area contributed by atoms with E-state index in [9.17, 15) is 5.11 Å². The molecule has 0 saturated heterocycles. The van der Waals surface area contributed by atoms with Crippen LogP contribution in [0.4, 0.5) is 0 Å². The summed E-state index contributed by atoms with van der Waals surface area (Å²) >= 11 is 0. The van der Waals surface area contributed by atoms with Crippen molar-refractivity contribution in [1.82, 2.24) is 9.55 Å². The number of nitrogens with zero attached hydrogens (tertiary/aromatic N) is 2. The van der Waals surface area contributed by atoms with Crippen LogP contribution in [0.5, 0.6) is 0 Å². The minimum absolute atomic E-state index is 0. The van der Waals surface area contributed by atoms with Crippen LogP contribution < -0.4 is 5.73 Å². The lowest BCUT2D eigenvalue weighted by Gasteiger charge is -2.19. The average molecular weight is 294 g/mol. The van der Waals surface area contributed by atoms with Crippen molar-refractivity contribution in [3.63, 3.8) is 0 Å². The minimum atomic E-state index is -0.725. The molecule has 6 heteroatoms. The van der Waals surface area contributed by atoms with Gasteiger partial charge in [0.1, 0.15) is 0 Å². The summed E-state index contributed by atoms with van der Waals surface area (Å²) in [6, 6.07) is 0.237. The Hall–Kier alpha value is -0.550. The highest BCUT2D eigenvalue weighted by Crippen LogP contribution is 2.27. The first-order valence-corrected chi connectivity index (χ1v) is 5.63. The van der Waals surface area contributed by atoms with E-state index in [-0.39, 0.29) is 30.9 Å². The summed E-state index contributed by atoms with van der Waals surface area (Å²) < 4.78 is 1.99. The quantitative estimate of drug-likeness (QED) is 0.896. The lowest BCUT2D eigenvalue weighted by atomic mass is 10.1. The Bertz CT molecular complexity index is 410. The Balaban J connectivity index is 0.00000144. The Morgan fingerprint density at radius 1 is 1.50 bits per heavy atom. The summed E-state index contributed by atoms with van der Waals surface area (Å²) in [7, 11) is 0. The first kappa shape index (κ1) is 17.4. The van der Waals surface area contributed by atoms with Gasteiger partial charge < -0.3 is 15.4 Å². The standard InChI is InChI=1S/C12H19N3O.2ClH/c1-12(2,16)7-15-8-14-6-11(15)9-3-4-10(13)5-9;;/h3,6,8,10,16H,4-5,7,13H2,1-2H3;2*1H. The summed E-state index contributed by atoms with van der Waals surface area (Å²) in [6.45, 7) is 4.14. The smallest absolute Gasteiger partial charge is 0.0951 e. The number of imidazole rings is 1. The largest absolute Gasteiger partial charge is 0.389 e. The third-order valence-corrected chi connectivity index (χ3v) is 2.75. The first-order chi connectivity index (χ1) is 7.46. The molecule has 1 aromatic heterocycles. The third kappa shape index (κ3) is 4.28. The van der Waals surface area contributed by atoms with Crippen molar-refractivity contribution in [3.8, 4) is 0 Å². The second-order valence-corrected chi connectivity index (χ2v) is 5.15. The van der Waals surface area contributed by atoms with Crippen LogP contribution in [0.15, 0.2) is 18.6 Å². The molecule has 104 valence electrons. The molecule has 1 aromatic rings. The topological polar surface area (TPSA) is 64.1 Å². The van der Waals surface area contributed by atoms with E-state index < -0.39 is 5.60 Å². The van der Waals surface area contributed by atoms with Gasteiger partial charge in [0.15, 0.2) is 0 Å². The SMILES string of the molecule is CC(C)(O)Cn1cncc1C1=CCC(N)C1.Cl.Cl. The Morgan fingerprint density at radius 2 is 2.17 bits per heavy atom. The number of nitrogens with two attached hydrogens (primary N) is 1. The molecule has 1 unspecified atom stereocenters. The molecule has 4 nitrogen and oxygen atoms in total. The second-order valence-electron chi connectivity index (χ2n) is 5.15. The van der Waals surface area contributed by atoms with Gasteiger partial charge in [0.2, 0.25) is 0 Å². The van der Waals surface area contributed by atoms with Crippen LogP contribution in [-0.2, 0) is 6.54 Å². The monoisotopic (exact) mass is 293 g/mol. The van der Waals surface area contributed by atoms with Crippen molar-refractivity contribution in [2.75, 3.05) is 0 Å². The number of rotatable bonds is 3. The van der Waals surface area contributed by atoms with Gasteiger partial charge in [-0.25, -0.2) is 4.98 Å². The molecule has 1 aliphatic carbocycles. The van der Waals surface area contributed by atoms with Gasteiger partial charge in [0.05, 0.1) is 30.4 Å². The zero-order valence-electron chi connectivity index (χ0n) is 10.7. The van der Waals surface area contributed by atoms with Gasteiger partial charge in [-0.3, -0.25) is 0 Å². The van der Waals surface area contributed by atoms with Crippen molar-refractivity contribution in [2.45, 2.75) is 44.9 Å². The number of hydrogen-bond acceptors (Lipinski definition) is 3. The molecule has 1 heterocycles. The number of aliphatic hydroxyl groups is 1. The van der Waals surface area contributed by atoms with Crippen LogP contribution in [0, 0.1) is 0 Å². The zero-order valence-corrected chi connectivity index (χ0v) is 12.3. The van der Waals surface area contributed by atoms with Crippen molar-refractivity contribution < 1.29 is 5.11 Å². The minimum Gasteiger partial charge on any atom is -0.389 e. The molecule has 0 saturated carbocycles. The van der Waals surface area contributed by atoms with Gasteiger partial charge in [0.25, 0.3) is 0 Å². The molecule has 1 aliphatic rings. The molecule has 0 radical (unpaired) electrons. The summed E-state index contributed by atoms with van der Waals surface area (Å²) in [5.41, 5.74) is 7.48. The van der Waals surface area contributed by atoms with Crippen molar-refractivity contribution in [2.24, 2.45) is 5.73 Å². The molecule has 0 aliphatic heterocycles. The van der Waals surface area contributed by atoms with Gasteiger partial charge in [-0.2, -0.15) is 0 Å². The normalized spacial score (nSPS) is 18.9. The lowest BCUT2D eigenvalue weighted by molar-refractivity contribution is 0.0612. The van der Waals surface area contributed by atoms with Crippen LogP contribution in [0.2, 0.25) is 0 Å². The van der Waals surface area contributed by atoms with Gasteiger partial charge in [-0.15, -0.1) is 24.8 Å². The maximum Gasteiger partial charge on any atom is 0.0951 e. The van der Waals surface area contributed by atoms with Gasteiger partial charge in [-0.05, 0) is 32.3 Å². The van der Waals surface area contributed by atoms with E-state index in [1.54, 1.807) is 20.2 Å². The Labute approximate surface area is 120 Å². The van der Waals surface area contributed by atoms with Crippen molar-refractivity contribution >= 4 is 30.4 Å². The first-order valence-electron chi connectivity index (χ1n) is 5.63. The van der Waals surface area contributed by atoms with Crippen LogP contribution in [0.3, 0.4) is 0 Å². The number of aromatic nitrogens is 2. The van der Waals surface area contributed by atoms with Crippen molar-refractivity contribution in [3.05, 3.63) is 24.3 Å². The maximum atomic E-state index is 9.82. The fraction of sp³-hybridized carbons (Fsp3) is 0.583. The molecule has 3 N–H and O–H groups in total. The molecule has 1 atom stereocenters. The van der Waals surface area contributed by atoms with Gasteiger partial charge in [-0.1, -0.05) is 6.08 Å². The molecular formula is C12H21Cl2N3O. The van der Waals surface area contributed by atoms with Crippen LogP contribution in [-0.4, -0.2) is 26.3 Å². The molecule has 0 aromatic carbocycles. The van der Waals surface area contributed by atoms with Gasteiger partial charge in [0, 0.05) is 6.04 Å². The zero-order chi connectivity index (χ0) is 11.8. The fourth-order valence-corrected chi connectivity index (χ4v) is 2.08. The maximum absolute atomic E-state index is 9.82.